The zero-order valence-corrected chi connectivity index (χ0v) is 14.0. The number of halogens is 3. The summed E-state index contributed by atoms with van der Waals surface area (Å²) in [5, 5.41) is 0.783. The quantitative estimate of drug-likeness (QED) is 0.734. The molecule has 1 aliphatic rings. The van der Waals surface area contributed by atoms with Crippen molar-refractivity contribution in [1.29, 1.82) is 0 Å². The summed E-state index contributed by atoms with van der Waals surface area (Å²) in [5.74, 6) is 0. The largest absolute Gasteiger partial charge is 0.416 e. The summed E-state index contributed by atoms with van der Waals surface area (Å²) in [6.07, 6.45) is -2.87. The normalized spacial score (nSPS) is 15.7. The third-order valence-corrected chi connectivity index (χ3v) is 5.52. The van der Waals surface area contributed by atoms with Gasteiger partial charge in [-0.2, -0.15) is 21.6 Å². The van der Waals surface area contributed by atoms with E-state index >= 15 is 0 Å². The number of aromatic nitrogens is 1. The third kappa shape index (κ3) is 2.74. The summed E-state index contributed by atoms with van der Waals surface area (Å²) in [7, 11) is -3.85. The lowest BCUT2D eigenvalue weighted by atomic mass is 10.1. The molecule has 0 saturated heterocycles. The molecule has 0 aliphatic carbocycles. The molecule has 0 bridgehead atoms. The number of benzene rings is 2. The van der Waals surface area contributed by atoms with Gasteiger partial charge in [-0.1, -0.05) is 24.3 Å². The Morgan fingerprint density at radius 1 is 1.04 bits per heavy atom. The molecule has 26 heavy (non-hydrogen) atoms. The van der Waals surface area contributed by atoms with Gasteiger partial charge in [0.2, 0.25) is 0 Å². The van der Waals surface area contributed by atoms with Gasteiger partial charge in [-0.25, -0.2) is 4.31 Å². The Morgan fingerprint density at radius 2 is 1.77 bits per heavy atom. The minimum Gasteiger partial charge on any atom is -0.262 e. The van der Waals surface area contributed by atoms with Crippen LogP contribution in [0.5, 0.6) is 0 Å². The van der Waals surface area contributed by atoms with Gasteiger partial charge in [0.05, 0.1) is 23.3 Å². The van der Waals surface area contributed by atoms with Crippen LogP contribution in [0.3, 0.4) is 0 Å². The summed E-state index contributed by atoms with van der Waals surface area (Å²) in [4.78, 5) is 4.22. The van der Waals surface area contributed by atoms with Crippen LogP contribution >= 0.6 is 0 Å². The molecule has 0 atom stereocenters. The van der Waals surface area contributed by atoms with Gasteiger partial charge in [-0.05, 0) is 29.8 Å². The molecule has 2 heterocycles. The Morgan fingerprint density at radius 3 is 2.46 bits per heavy atom. The van der Waals surface area contributed by atoms with E-state index in [1.54, 1.807) is 24.4 Å². The van der Waals surface area contributed by atoms with Crippen LogP contribution in [0.2, 0.25) is 0 Å². The number of pyridine rings is 1. The maximum atomic E-state index is 12.7. The average molecular weight is 379 g/mol. The minimum absolute atomic E-state index is 0.0845. The SMILES string of the molecule is O=S1(=O)Nc2c(ccc3cccnc23)N1Cc1ccc(C(F)(F)F)cc1. The maximum absolute atomic E-state index is 12.7. The van der Waals surface area contributed by atoms with Crippen molar-refractivity contribution in [1.82, 2.24) is 4.98 Å². The molecule has 1 aliphatic heterocycles. The van der Waals surface area contributed by atoms with Crippen LogP contribution in [0.1, 0.15) is 11.1 Å². The van der Waals surface area contributed by atoms with Crippen LogP contribution in [-0.4, -0.2) is 13.4 Å². The number of hydrogen-bond donors (Lipinski definition) is 1. The van der Waals surface area contributed by atoms with Gasteiger partial charge in [0.25, 0.3) is 0 Å². The predicted octanol–water partition coefficient (Wildman–Crippen LogP) is 3.93. The van der Waals surface area contributed by atoms with Gasteiger partial charge in [0, 0.05) is 11.6 Å². The molecule has 9 heteroatoms. The Labute approximate surface area is 147 Å². The molecule has 2 aromatic carbocycles. The summed E-state index contributed by atoms with van der Waals surface area (Å²) in [5.41, 5.74) is 0.964. The minimum atomic E-state index is -4.43. The van der Waals surface area contributed by atoms with Gasteiger partial charge in [0.1, 0.15) is 5.69 Å². The standard InChI is InChI=1S/C17H12F3N3O2S/c18-17(19,20)13-6-3-11(4-7-13)10-23-14-8-5-12-2-1-9-21-15(12)16(14)22-26(23,24)25/h1-9,22H,10H2. The van der Waals surface area contributed by atoms with E-state index in [1.165, 1.54) is 12.1 Å². The molecule has 1 aromatic heterocycles. The highest BCUT2D eigenvalue weighted by Crippen LogP contribution is 2.41. The first-order valence-corrected chi connectivity index (χ1v) is 9.04. The van der Waals surface area contributed by atoms with E-state index in [-0.39, 0.29) is 6.54 Å². The molecule has 0 saturated carbocycles. The van der Waals surface area contributed by atoms with E-state index in [2.05, 4.69) is 9.71 Å². The van der Waals surface area contributed by atoms with Gasteiger partial charge in [-0.3, -0.25) is 9.71 Å². The van der Waals surface area contributed by atoms with Gasteiger partial charge < -0.3 is 0 Å². The van der Waals surface area contributed by atoms with E-state index in [9.17, 15) is 21.6 Å². The molecule has 134 valence electrons. The predicted molar refractivity (Wildman–Crippen MR) is 91.9 cm³/mol. The molecule has 0 radical (unpaired) electrons. The van der Waals surface area contributed by atoms with Gasteiger partial charge >= 0.3 is 16.4 Å². The lowest BCUT2D eigenvalue weighted by molar-refractivity contribution is -0.137. The van der Waals surface area contributed by atoms with E-state index in [0.29, 0.717) is 22.5 Å². The molecule has 5 nitrogen and oxygen atoms in total. The van der Waals surface area contributed by atoms with Crippen LogP contribution < -0.4 is 9.03 Å². The van der Waals surface area contributed by atoms with Crippen LogP contribution in [0, 0.1) is 0 Å². The second kappa shape index (κ2) is 5.60. The highest BCUT2D eigenvalue weighted by molar-refractivity contribution is 7.94. The fraction of sp³-hybridized carbons (Fsp3) is 0.118. The number of hydrogen-bond acceptors (Lipinski definition) is 3. The van der Waals surface area contributed by atoms with E-state index in [0.717, 1.165) is 21.8 Å². The first-order valence-electron chi connectivity index (χ1n) is 7.60. The van der Waals surface area contributed by atoms with E-state index in [1.807, 2.05) is 6.07 Å². The Hall–Kier alpha value is -2.81. The van der Waals surface area contributed by atoms with Crippen molar-refractivity contribution >= 4 is 32.5 Å². The molecule has 0 unspecified atom stereocenters. The van der Waals surface area contributed by atoms with Crippen molar-refractivity contribution in [3.05, 3.63) is 65.9 Å². The monoisotopic (exact) mass is 379 g/mol. The summed E-state index contributed by atoms with van der Waals surface area (Å²) >= 11 is 0. The van der Waals surface area contributed by atoms with E-state index < -0.39 is 21.9 Å². The van der Waals surface area contributed by atoms with Crippen LogP contribution in [0.15, 0.2) is 54.7 Å². The number of rotatable bonds is 2. The zero-order chi connectivity index (χ0) is 18.5. The molecule has 4 rings (SSSR count). The summed E-state index contributed by atoms with van der Waals surface area (Å²) in [6, 6.07) is 11.4. The second-order valence-corrected chi connectivity index (χ2v) is 7.44. The molecule has 1 N–H and O–H groups in total. The van der Waals surface area contributed by atoms with E-state index in [4.69, 9.17) is 0 Å². The van der Waals surface area contributed by atoms with Crippen molar-refractivity contribution in [2.75, 3.05) is 9.03 Å². The molecule has 3 aromatic rings. The third-order valence-electron chi connectivity index (χ3n) is 4.15. The van der Waals surface area contributed by atoms with Crippen LogP contribution in [0.4, 0.5) is 24.5 Å². The number of alkyl halides is 3. The molecule has 0 spiro atoms. The number of nitrogens with zero attached hydrogens (tertiary/aromatic N) is 2. The summed E-state index contributed by atoms with van der Waals surface area (Å²) < 4.78 is 66.6. The lowest BCUT2D eigenvalue weighted by Crippen LogP contribution is -2.29. The van der Waals surface area contributed by atoms with Crippen molar-refractivity contribution < 1.29 is 21.6 Å². The first-order chi connectivity index (χ1) is 12.3. The highest BCUT2D eigenvalue weighted by atomic mass is 32.2. The Bertz CT molecular complexity index is 1100. The molecule has 0 amide bonds. The first kappa shape index (κ1) is 16.6. The number of nitrogens with one attached hydrogen (secondary N) is 1. The second-order valence-electron chi connectivity index (χ2n) is 5.84. The van der Waals surface area contributed by atoms with Crippen molar-refractivity contribution in [3.8, 4) is 0 Å². The van der Waals surface area contributed by atoms with Crippen LogP contribution in [0.25, 0.3) is 10.9 Å². The molecular weight excluding hydrogens is 367 g/mol. The number of fused-ring (bicyclic) bond motifs is 3. The van der Waals surface area contributed by atoms with Gasteiger partial charge in [-0.15, -0.1) is 0 Å². The van der Waals surface area contributed by atoms with Gasteiger partial charge in [0.15, 0.2) is 0 Å². The van der Waals surface area contributed by atoms with Crippen molar-refractivity contribution in [3.63, 3.8) is 0 Å². The highest BCUT2D eigenvalue weighted by Gasteiger charge is 2.35. The van der Waals surface area contributed by atoms with Crippen LogP contribution in [-0.2, 0) is 22.9 Å². The number of anilines is 2. The molecule has 0 fully saturated rings. The Balaban J connectivity index is 1.73. The van der Waals surface area contributed by atoms with Crippen molar-refractivity contribution in [2.24, 2.45) is 0 Å². The summed E-state index contributed by atoms with van der Waals surface area (Å²) in [6.45, 7) is -0.0845. The Kier molecular flexibility index (Phi) is 3.58. The smallest absolute Gasteiger partial charge is 0.262 e. The van der Waals surface area contributed by atoms with Crippen molar-refractivity contribution in [2.45, 2.75) is 12.7 Å². The fourth-order valence-electron chi connectivity index (χ4n) is 2.89. The lowest BCUT2D eigenvalue weighted by Gasteiger charge is -2.17. The fourth-order valence-corrected chi connectivity index (χ4v) is 4.19. The maximum Gasteiger partial charge on any atom is 0.416 e. The average Bonchev–Trinajstić information content (AvgIpc) is 2.85. The topological polar surface area (TPSA) is 62.3 Å². The molecular formula is C17H12F3N3O2S. The zero-order valence-electron chi connectivity index (χ0n) is 13.2.